The van der Waals surface area contributed by atoms with E-state index < -0.39 is 0 Å². The molecule has 21 heavy (non-hydrogen) atoms. The number of anilines is 1. The summed E-state index contributed by atoms with van der Waals surface area (Å²) in [5, 5.41) is 1.06. The zero-order valence-corrected chi connectivity index (χ0v) is 12.9. The summed E-state index contributed by atoms with van der Waals surface area (Å²) in [6.07, 6.45) is 1.01. The first-order chi connectivity index (χ1) is 10.2. The summed E-state index contributed by atoms with van der Waals surface area (Å²) in [5.74, 6) is 0.886. The number of nitrogens with zero attached hydrogens (tertiary/aromatic N) is 2. The van der Waals surface area contributed by atoms with Crippen LogP contribution in [0, 0.1) is 0 Å². The van der Waals surface area contributed by atoms with Crippen LogP contribution >= 0.6 is 12.2 Å². The summed E-state index contributed by atoms with van der Waals surface area (Å²) >= 11 is 5.24. The van der Waals surface area contributed by atoms with Gasteiger partial charge >= 0.3 is 0 Å². The highest BCUT2D eigenvalue weighted by molar-refractivity contribution is 7.80. The van der Waals surface area contributed by atoms with Crippen molar-refractivity contribution in [2.45, 2.75) is 19.4 Å². The third-order valence-electron chi connectivity index (χ3n) is 3.94. The Morgan fingerprint density at radius 3 is 3.05 bits per heavy atom. The number of para-hydroxylation sites is 1. The predicted octanol–water partition coefficient (Wildman–Crippen LogP) is 2.48. The number of aromatic nitrogens is 1. The second kappa shape index (κ2) is 5.95. The summed E-state index contributed by atoms with van der Waals surface area (Å²) in [6, 6.07) is 10.4. The van der Waals surface area contributed by atoms with Crippen LogP contribution in [0.25, 0.3) is 10.9 Å². The number of ether oxygens (including phenoxy) is 1. The van der Waals surface area contributed by atoms with Gasteiger partial charge in [0.2, 0.25) is 0 Å². The smallest absolute Gasteiger partial charge is 0.139 e. The maximum Gasteiger partial charge on any atom is 0.139 e. The van der Waals surface area contributed by atoms with E-state index in [4.69, 9.17) is 27.7 Å². The molecule has 1 unspecified atom stereocenters. The molecule has 0 aliphatic carbocycles. The van der Waals surface area contributed by atoms with Gasteiger partial charge < -0.3 is 15.4 Å². The molecule has 0 radical (unpaired) electrons. The molecule has 0 bridgehead atoms. The highest BCUT2D eigenvalue weighted by Gasteiger charge is 2.25. The third-order valence-corrected chi connectivity index (χ3v) is 4.16. The lowest BCUT2D eigenvalue weighted by Crippen LogP contribution is -2.46. The van der Waals surface area contributed by atoms with E-state index in [0.29, 0.717) is 17.6 Å². The van der Waals surface area contributed by atoms with Crippen molar-refractivity contribution in [1.82, 2.24) is 4.98 Å². The maximum absolute atomic E-state index is 5.93. The molecule has 0 saturated carbocycles. The number of hydrogen-bond acceptors (Lipinski definition) is 4. The van der Waals surface area contributed by atoms with Crippen molar-refractivity contribution >= 4 is 33.9 Å². The molecule has 1 aromatic heterocycles. The molecule has 1 atom stereocenters. The number of thiocarbonyl (C=S) groups is 1. The van der Waals surface area contributed by atoms with Crippen molar-refractivity contribution in [3.8, 4) is 0 Å². The summed E-state index contributed by atoms with van der Waals surface area (Å²) in [7, 11) is 0. The average Bonchev–Trinajstić information content (AvgIpc) is 2.53. The highest BCUT2D eigenvalue weighted by Crippen LogP contribution is 2.27. The zero-order chi connectivity index (χ0) is 14.8. The topological polar surface area (TPSA) is 51.4 Å². The number of rotatable bonds is 3. The Morgan fingerprint density at radius 2 is 2.29 bits per heavy atom. The molecule has 0 spiro atoms. The van der Waals surface area contributed by atoms with Crippen molar-refractivity contribution in [3.05, 3.63) is 35.9 Å². The molecular weight excluding hydrogens is 282 g/mol. The maximum atomic E-state index is 5.93. The average molecular weight is 301 g/mol. The van der Waals surface area contributed by atoms with E-state index in [9.17, 15) is 0 Å². The first kappa shape index (κ1) is 14.2. The van der Waals surface area contributed by atoms with Crippen LogP contribution in [-0.4, -0.2) is 35.8 Å². The SMILES string of the molecule is CCC1COCCN1c1nc2ccccc2cc1C(N)=S. The molecule has 1 fully saturated rings. The largest absolute Gasteiger partial charge is 0.389 e. The predicted molar refractivity (Wildman–Crippen MR) is 89.9 cm³/mol. The fourth-order valence-electron chi connectivity index (χ4n) is 2.78. The van der Waals surface area contributed by atoms with Crippen LogP contribution in [0.5, 0.6) is 0 Å². The van der Waals surface area contributed by atoms with Crippen LogP contribution in [0.15, 0.2) is 30.3 Å². The molecule has 4 nitrogen and oxygen atoms in total. The lowest BCUT2D eigenvalue weighted by Gasteiger charge is -2.37. The van der Waals surface area contributed by atoms with E-state index in [1.54, 1.807) is 0 Å². The van der Waals surface area contributed by atoms with Gasteiger partial charge in [0.1, 0.15) is 10.8 Å². The Morgan fingerprint density at radius 1 is 1.48 bits per heavy atom. The van der Waals surface area contributed by atoms with Gasteiger partial charge in [-0.2, -0.15) is 0 Å². The van der Waals surface area contributed by atoms with E-state index in [0.717, 1.165) is 41.9 Å². The van der Waals surface area contributed by atoms with Gasteiger partial charge in [-0.25, -0.2) is 4.98 Å². The van der Waals surface area contributed by atoms with Crippen LogP contribution in [0.1, 0.15) is 18.9 Å². The minimum atomic E-state index is 0.320. The first-order valence-corrected chi connectivity index (χ1v) is 7.65. The van der Waals surface area contributed by atoms with E-state index in [2.05, 4.69) is 11.8 Å². The Kier molecular flexibility index (Phi) is 4.03. The fraction of sp³-hybridized carbons (Fsp3) is 0.375. The first-order valence-electron chi connectivity index (χ1n) is 7.24. The quantitative estimate of drug-likeness (QED) is 0.883. The third kappa shape index (κ3) is 2.71. The van der Waals surface area contributed by atoms with Gasteiger partial charge in [0.25, 0.3) is 0 Å². The highest BCUT2D eigenvalue weighted by atomic mass is 32.1. The number of fused-ring (bicyclic) bond motifs is 1. The van der Waals surface area contributed by atoms with E-state index in [1.165, 1.54) is 0 Å². The second-order valence-electron chi connectivity index (χ2n) is 5.25. The molecule has 110 valence electrons. The minimum absolute atomic E-state index is 0.320. The molecule has 2 N–H and O–H groups in total. The molecule has 1 aliphatic heterocycles. The molecule has 3 rings (SSSR count). The number of hydrogen-bond donors (Lipinski definition) is 1. The van der Waals surface area contributed by atoms with Crippen molar-refractivity contribution in [1.29, 1.82) is 0 Å². The van der Waals surface area contributed by atoms with Crippen LogP contribution < -0.4 is 10.6 Å². The van der Waals surface area contributed by atoms with Gasteiger partial charge in [-0.3, -0.25) is 0 Å². The molecule has 1 saturated heterocycles. The fourth-order valence-corrected chi connectivity index (χ4v) is 2.93. The van der Waals surface area contributed by atoms with Gasteiger partial charge in [0.15, 0.2) is 0 Å². The summed E-state index contributed by atoms with van der Waals surface area (Å²) < 4.78 is 5.58. The van der Waals surface area contributed by atoms with E-state index in [1.807, 2.05) is 30.3 Å². The lowest BCUT2D eigenvalue weighted by atomic mass is 10.1. The number of pyridine rings is 1. The Balaban J connectivity index is 2.14. The van der Waals surface area contributed by atoms with Crippen LogP contribution in [0.3, 0.4) is 0 Å². The van der Waals surface area contributed by atoms with E-state index >= 15 is 0 Å². The normalized spacial score (nSPS) is 18.9. The Bertz CT molecular complexity index is 674. The van der Waals surface area contributed by atoms with Crippen LogP contribution in [0.2, 0.25) is 0 Å². The van der Waals surface area contributed by atoms with E-state index in [-0.39, 0.29) is 0 Å². The van der Waals surface area contributed by atoms with Crippen LogP contribution in [-0.2, 0) is 4.74 Å². The summed E-state index contributed by atoms with van der Waals surface area (Å²) in [4.78, 5) is 7.50. The zero-order valence-electron chi connectivity index (χ0n) is 12.1. The summed E-state index contributed by atoms with van der Waals surface area (Å²) in [5.41, 5.74) is 7.75. The van der Waals surface area contributed by atoms with Crippen LogP contribution in [0.4, 0.5) is 5.82 Å². The molecule has 0 amide bonds. The molecular formula is C16H19N3OS. The second-order valence-corrected chi connectivity index (χ2v) is 5.69. The molecule has 5 heteroatoms. The van der Waals surface area contributed by atoms with Gasteiger partial charge in [-0.05, 0) is 18.6 Å². The number of morpholine rings is 1. The number of benzene rings is 1. The molecule has 1 aromatic carbocycles. The molecule has 2 aromatic rings. The van der Waals surface area contributed by atoms with Gasteiger partial charge in [0.05, 0.1) is 30.3 Å². The van der Waals surface area contributed by atoms with Gasteiger partial charge in [-0.15, -0.1) is 0 Å². The van der Waals surface area contributed by atoms with Crippen molar-refractivity contribution < 1.29 is 4.74 Å². The van der Waals surface area contributed by atoms with Crippen molar-refractivity contribution in [2.24, 2.45) is 5.73 Å². The Hall–Kier alpha value is -1.72. The standard InChI is InChI=1S/C16H19N3OS/c1-2-12-10-20-8-7-19(12)16-13(15(17)21)9-11-5-3-4-6-14(11)18-16/h3-6,9,12H,2,7-8,10H2,1H3,(H2,17,21). The molecule has 1 aliphatic rings. The lowest BCUT2D eigenvalue weighted by molar-refractivity contribution is 0.0926. The van der Waals surface area contributed by atoms with Crippen molar-refractivity contribution in [3.63, 3.8) is 0 Å². The number of nitrogens with two attached hydrogens (primary N) is 1. The van der Waals surface area contributed by atoms with Gasteiger partial charge in [0, 0.05) is 11.9 Å². The van der Waals surface area contributed by atoms with Gasteiger partial charge in [-0.1, -0.05) is 37.3 Å². The minimum Gasteiger partial charge on any atom is -0.389 e. The van der Waals surface area contributed by atoms with Crippen molar-refractivity contribution in [2.75, 3.05) is 24.7 Å². The summed E-state index contributed by atoms with van der Waals surface area (Å²) in [6.45, 7) is 4.41. The molecule has 2 heterocycles. The monoisotopic (exact) mass is 301 g/mol. The Labute approximate surface area is 129 Å².